The smallest absolute Gasteiger partial charge is 0.293 e. The van der Waals surface area contributed by atoms with E-state index in [9.17, 15) is 9.90 Å². The van der Waals surface area contributed by atoms with E-state index in [2.05, 4.69) is 35.5 Å². The maximum atomic E-state index is 13.1. The number of phenolic OH excluding ortho intramolecular Hbond substituents is 1. The Morgan fingerprint density at radius 1 is 1.10 bits per heavy atom. The molecule has 0 radical (unpaired) electrons. The molecule has 1 atom stereocenters. The van der Waals surface area contributed by atoms with Crippen molar-refractivity contribution in [2.45, 2.75) is 56.3 Å². The molecule has 1 aliphatic carbocycles. The summed E-state index contributed by atoms with van der Waals surface area (Å²) in [5, 5.41) is 16.8. The van der Waals surface area contributed by atoms with Crippen molar-refractivity contribution in [1.82, 2.24) is 10.6 Å². The molecule has 162 valence electrons. The first-order chi connectivity index (χ1) is 14.8. The van der Waals surface area contributed by atoms with E-state index in [4.69, 9.17) is 9.47 Å². The van der Waals surface area contributed by atoms with Crippen molar-refractivity contribution in [1.29, 1.82) is 0 Å². The molecule has 1 aromatic carbocycles. The van der Waals surface area contributed by atoms with Crippen LogP contribution >= 0.6 is 0 Å². The van der Waals surface area contributed by atoms with E-state index in [0.29, 0.717) is 25.3 Å². The number of fused-ring (bicyclic) bond motifs is 2. The molecule has 31 heavy (non-hydrogen) atoms. The first-order valence-electron chi connectivity index (χ1n) is 11.1. The highest BCUT2D eigenvalue weighted by molar-refractivity contribution is 6.12. The van der Waals surface area contributed by atoms with Gasteiger partial charge in [0.15, 0.2) is 5.60 Å². The second kappa shape index (κ2) is 6.20. The Balaban J connectivity index is 1.37. The third kappa shape index (κ3) is 2.66. The van der Waals surface area contributed by atoms with Gasteiger partial charge in [0.05, 0.1) is 5.60 Å². The Morgan fingerprint density at radius 2 is 1.87 bits per heavy atom. The van der Waals surface area contributed by atoms with E-state index in [-0.39, 0.29) is 11.7 Å². The molecule has 0 bridgehead atoms. The number of carbonyl (C=O) groups is 1. The fourth-order valence-corrected chi connectivity index (χ4v) is 5.95. The van der Waals surface area contributed by atoms with Crippen molar-refractivity contribution in [3.05, 3.63) is 52.2 Å². The van der Waals surface area contributed by atoms with Crippen LogP contribution in [0.1, 0.15) is 37.8 Å². The van der Waals surface area contributed by atoms with Gasteiger partial charge in [-0.15, -0.1) is 0 Å². The minimum absolute atomic E-state index is 0.205. The zero-order chi connectivity index (χ0) is 21.4. The largest absolute Gasteiger partial charge is 0.508 e. The molecule has 1 amide bonds. The predicted octanol–water partition coefficient (Wildman–Crippen LogP) is 1.90. The van der Waals surface area contributed by atoms with Crippen LogP contribution in [0.15, 0.2) is 46.1 Å². The molecule has 1 unspecified atom stereocenters. The van der Waals surface area contributed by atoms with Crippen molar-refractivity contribution in [2.24, 2.45) is 4.99 Å². The van der Waals surface area contributed by atoms with Gasteiger partial charge >= 0.3 is 0 Å². The van der Waals surface area contributed by atoms with Gasteiger partial charge in [-0.2, -0.15) is 4.99 Å². The molecule has 0 saturated carbocycles. The number of hydrogen-bond acceptors (Lipinski definition) is 6. The zero-order valence-electron chi connectivity index (χ0n) is 17.9. The second-order valence-corrected chi connectivity index (χ2v) is 9.73. The number of rotatable bonds is 1. The average Bonchev–Trinajstić information content (AvgIpc) is 3.33. The average molecular weight is 421 g/mol. The lowest BCUT2D eigenvalue weighted by atomic mass is 9.79. The molecule has 1 saturated heterocycles. The van der Waals surface area contributed by atoms with Gasteiger partial charge in [-0.1, -0.05) is 12.1 Å². The number of carbonyl (C=O) groups excluding carboxylic acids is 1. The highest BCUT2D eigenvalue weighted by atomic mass is 16.5. The van der Waals surface area contributed by atoms with Gasteiger partial charge in [0.2, 0.25) is 5.90 Å². The van der Waals surface area contributed by atoms with Crippen LogP contribution in [0.4, 0.5) is 0 Å². The predicted molar refractivity (Wildman–Crippen MR) is 115 cm³/mol. The SMILES string of the molecule is CC1(C)OC2(CCNCC2)C2=C1NCC=C2C1=NC(=O)C2(Cc3ccc(O)cc3C2)O1. The van der Waals surface area contributed by atoms with Crippen LogP contribution in [0.25, 0.3) is 0 Å². The molecule has 7 heteroatoms. The monoisotopic (exact) mass is 421 g/mol. The van der Waals surface area contributed by atoms with Crippen molar-refractivity contribution < 1.29 is 19.4 Å². The van der Waals surface area contributed by atoms with E-state index >= 15 is 0 Å². The van der Waals surface area contributed by atoms with Crippen LogP contribution in [-0.4, -0.2) is 53.3 Å². The standard InChI is InChI=1S/C24H27N3O4/c1-22(2)19-18(23(31-22)6-9-25-10-7-23)17(5-8-26-19)20-27-21(29)24(30-20)12-14-3-4-16(28)11-15(14)13-24/h3-5,11,25-26,28H,6-10,12-13H2,1-2H3. The van der Waals surface area contributed by atoms with Crippen molar-refractivity contribution in [3.63, 3.8) is 0 Å². The van der Waals surface area contributed by atoms with Crippen molar-refractivity contribution in [3.8, 4) is 5.75 Å². The van der Waals surface area contributed by atoms with Gasteiger partial charge in [-0.05, 0) is 63.0 Å². The van der Waals surface area contributed by atoms with Gasteiger partial charge in [0, 0.05) is 36.2 Å². The van der Waals surface area contributed by atoms with Crippen molar-refractivity contribution in [2.75, 3.05) is 19.6 Å². The molecular weight excluding hydrogens is 394 g/mol. The number of aromatic hydroxyl groups is 1. The van der Waals surface area contributed by atoms with E-state index in [1.165, 1.54) is 0 Å². The first-order valence-corrected chi connectivity index (χ1v) is 11.1. The number of amides is 1. The molecule has 1 aromatic rings. The number of piperidine rings is 1. The highest BCUT2D eigenvalue weighted by Crippen LogP contribution is 2.51. The number of nitrogens with one attached hydrogen (secondary N) is 2. The van der Waals surface area contributed by atoms with Crippen LogP contribution in [0.2, 0.25) is 0 Å². The van der Waals surface area contributed by atoms with Crippen LogP contribution in [-0.2, 0) is 27.1 Å². The fraction of sp³-hybridized carbons (Fsp3) is 0.500. The van der Waals surface area contributed by atoms with Crippen LogP contribution in [0.5, 0.6) is 5.75 Å². The summed E-state index contributed by atoms with van der Waals surface area (Å²) in [5.41, 5.74) is 3.20. The molecule has 3 N–H and O–H groups in total. The lowest BCUT2D eigenvalue weighted by molar-refractivity contribution is -0.130. The second-order valence-electron chi connectivity index (χ2n) is 9.73. The van der Waals surface area contributed by atoms with Gasteiger partial charge in [0.1, 0.15) is 11.4 Å². The zero-order valence-corrected chi connectivity index (χ0v) is 17.9. The number of phenols is 1. The van der Waals surface area contributed by atoms with Gasteiger partial charge in [-0.25, -0.2) is 0 Å². The van der Waals surface area contributed by atoms with E-state index < -0.39 is 16.8 Å². The van der Waals surface area contributed by atoms with Gasteiger partial charge in [0.25, 0.3) is 5.91 Å². The summed E-state index contributed by atoms with van der Waals surface area (Å²) in [6, 6.07) is 5.25. The van der Waals surface area contributed by atoms with Gasteiger partial charge in [-0.3, -0.25) is 4.79 Å². The summed E-state index contributed by atoms with van der Waals surface area (Å²) in [6.45, 7) is 6.61. The van der Waals surface area contributed by atoms with E-state index in [1.54, 1.807) is 12.1 Å². The number of ether oxygens (including phenoxy) is 2. The Hall–Kier alpha value is -2.64. The normalized spacial score (nSPS) is 30.1. The molecule has 1 fully saturated rings. The maximum Gasteiger partial charge on any atom is 0.293 e. The number of dihydropyridines is 1. The van der Waals surface area contributed by atoms with Gasteiger partial charge < -0.3 is 25.2 Å². The summed E-state index contributed by atoms with van der Waals surface area (Å²) in [4.78, 5) is 17.5. The Kier molecular flexibility index (Phi) is 3.82. The minimum atomic E-state index is -1.01. The lowest BCUT2D eigenvalue weighted by Gasteiger charge is -2.38. The summed E-state index contributed by atoms with van der Waals surface area (Å²) >= 11 is 0. The Bertz CT molecular complexity index is 1090. The van der Waals surface area contributed by atoms with Crippen LogP contribution in [0.3, 0.4) is 0 Å². The topological polar surface area (TPSA) is 92.2 Å². The third-order valence-electron chi connectivity index (χ3n) is 7.28. The third-order valence-corrected chi connectivity index (χ3v) is 7.28. The molecule has 4 aliphatic heterocycles. The van der Waals surface area contributed by atoms with E-state index in [0.717, 1.165) is 53.9 Å². The quantitative estimate of drug-likeness (QED) is 0.642. The van der Waals surface area contributed by atoms with Crippen LogP contribution < -0.4 is 10.6 Å². The van der Waals surface area contributed by atoms with E-state index in [1.807, 2.05) is 6.07 Å². The number of aliphatic imine (C=N–C) groups is 1. The minimum Gasteiger partial charge on any atom is -0.508 e. The number of hydrogen-bond donors (Lipinski definition) is 3. The summed E-state index contributed by atoms with van der Waals surface area (Å²) in [6.07, 6.45) is 4.71. The molecule has 4 heterocycles. The lowest BCUT2D eigenvalue weighted by Crippen LogP contribution is -2.46. The molecule has 6 rings (SSSR count). The fourth-order valence-electron chi connectivity index (χ4n) is 5.95. The number of nitrogens with zero attached hydrogens (tertiary/aromatic N) is 1. The summed E-state index contributed by atoms with van der Waals surface area (Å²) in [5.74, 6) is 0.379. The Morgan fingerprint density at radius 3 is 2.68 bits per heavy atom. The molecule has 7 nitrogen and oxygen atoms in total. The highest BCUT2D eigenvalue weighted by Gasteiger charge is 2.56. The molecule has 0 aromatic heterocycles. The Labute approximate surface area is 181 Å². The first kappa shape index (κ1) is 19.1. The molecule has 5 aliphatic rings. The number of benzene rings is 1. The molecular formula is C24H27N3O4. The summed E-state index contributed by atoms with van der Waals surface area (Å²) in [7, 11) is 0. The molecule has 2 spiro atoms. The maximum absolute atomic E-state index is 13.1. The van der Waals surface area contributed by atoms with Crippen LogP contribution in [0, 0.1) is 0 Å². The van der Waals surface area contributed by atoms with Crippen molar-refractivity contribution >= 4 is 11.8 Å². The summed E-state index contributed by atoms with van der Waals surface area (Å²) < 4.78 is 13.1.